The second-order valence-corrected chi connectivity index (χ2v) is 6.52. The summed E-state index contributed by atoms with van der Waals surface area (Å²) in [4.78, 5) is 28.0. The Morgan fingerprint density at radius 1 is 1.32 bits per heavy atom. The number of halogens is 2. The normalized spacial score (nSPS) is 18.9. The van der Waals surface area contributed by atoms with E-state index in [9.17, 15) is 9.59 Å². The van der Waals surface area contributed by atoms with E-state index in [0.29, 0.717) is 17.5 Å². The Morgan fingerprint density at radius 2 is 2.08 bits per heavy atom. The third kappa shape index (κ3) is 3.10. The van der Waals surface area contributed by atoms with Gasteiger partial charge >= 0.3 is 5.97 Å². The standard InChI is InChI=1S/C18H15Cl2NO4/c1-2-9-14(11-5-3-4-6-21-11)10-7-12(25-8-13(22)23)16(19)17(20)15(10)18(9)24/h3-7,9,14H,2,8H2,1H3,(H,22,23). The fraction of sp³-hybridized carbons (Fsp3) is 0.278. The second-order valence-electron chi connectivity index (χ2n) is 5.76. The average molecular weight is 380 g/mol. The van der Waals surface area contributed by atoms with E-state index in [1.807, 2.05) is 19.1 Å². The first-order valence-corrected chi connectivity index (χ1v) is 8.52. The number of hydrogen-bond acceptors (Lipinski definition) is 4. The van der Waals surface area contributed by atoms with Gasteiger partial charge in [0.25, 0.3) is 0 Å². The lowest BCUT2D eigenvalue weighted by Gasteiger charge is -2.18. The molecule has 2 atom stereocenters. The third-order valence-corrected chi connectivity index (χ3v) is 5.17. The summed E-state index contributed by atoms with van der Waals surface area (Å²) in [6, 6.07) is 7.13. The smallest absolute Gasteiger partial charge is 0.341 e. The van der Waals surface area contributed by atoms with Crippen molar-refractivity contribution in [2.45, 2.75) is 19.3 Å². The van der Waals surface area contributed by atoms with Crippen LogP contribution in [0.4, 0.5) is 0 Å². The lowest BCUT2D eigenvalue weighted by molar-refractivity contribution is -0.139. The molecule has 0 bridgehead atoms. The molecule has 1 aromatic carbocycles. The number of ether oxygens (including phenoxy) is 1. The fourth-order valence-corrected chi connectivity index (χ4v) is 3.76. The van der Waals surface area contributed by atoms with Crippen LogP contribution in [-0.4, -0.2) is 28.4 Å². The van der Waals surface area contributed by atoms with Gasteiger partial charge in [-0.2, -0.15) is 0 Å². The number of pyridine rings is 1. The van der Waals surface area contributed by atoms with E-state index >= 15 is 0 Å². The molecule has 5 nitrogen and oxygen atoms in total. The minimum atomic E-state index is -1.13. The van der Waals surface area contributed by atoms with Crippen molar-refractivity contribution in [3.8, 4) is 5.75 Å². The summed E-state index contributed by atoms with van der Waals surface area (Å²) in [5.74, 6) is -1.62. The van der Waals surface area contributed by atoms with Crippen LogP contribution in [-0.2, 0) is 4.79 Å². The molecule has 1 aromatic heterocycles. The molecule has 0 aliphatic heterocycles. The molecule has 0 radical (unpaired) electrons. The SMILES string of the molecule is CCC1C(=O)c2c(cc(OCC(=O)O)c(Cl)c2Cl)C1c1ccccn1. The first-order valence-electron chi connectivity index (χ1n) is 7.77. The van der Waals surface area contributed by atoms with Crippen molar-refractivity contribution in [3.05, 3.63) is 57.3 Å². The number of carboxylic acids is 1. The number of fused-ring (bicyclic) bond motifs is 1. The summed E-state index contributed by atoms with van der Waals surface area (Å²) in [6.07, 6.45) is 2.29. The van der Waals surface area contributed by atoms with Gasteiger partial charge in [0.2, 0.25) is 0 Å². The van der Waals surface area contributed by atoms with E-state index in [1.165, 1.54) is 0 Å². The van der Waals surface area contributed by atoms with E-state index in [-0.39, 0.29) is 33.4 Å². The van der Waals surface area contributed by atoms with Crippen LogP contribution in [0.5, 0.6) is 5.75 Å². The monoisotopic (exact) mass is 379 g/mol. The molecule has 1 aliphatic rings. The van der Waals surface area contributed by atoms with Gasteiger partial charge < -0.3 is 9.84 Å². The summed E-state index contributed by atoms with van der Waals surface area (Å²) >= 11 is 12.5. The fourth-order valence-electron chi connectivity index (χ4n) is 3.26. The molecule has 0 saturated heterocycles. The second kappa shape index (κ2) is 7.02. The first kappa shape index (κ1) is 17.7. The number of hydrogen-bond donors (Lipinski definition) is 1. The number of Topliss-reactive ketones (excluding diaryl/α,β-unsaturated/α-hetero) is 1. The topological polar surface area (TPSA) is 76.5 Å². The highest BCUT2D eigenvalue weighted by Gasteiger charge is 2.42. The molecule has 25 heavy (non-hydrogen) atoms. The summed E-state index contributed by atoms with van der Waals surface area (Å²) in [5.41, 5.74) is 1.80. The number of carbonyl (C=O) groups excluding carboxylic acids is 1. The zero-order valence-electron chi connectivity index (χ0n) is 13.3. The highest BCUT2D eigenvalue weighted by atomic mass is 35.5. The van der Waals surface area contributed by atoms with E-state index in [0.717, 1.165) is 5.69 Å². The van der Waals surface area contributed by atoms with Gasteiger partial charge in [-0.1, -0.05) is 36.2 Å². The van der Waals surface area contributed by atoms with Gasteiger partial charge in [-0.05, 0) is 30.2 Å². The summed E-state index contributed by atoms with van der Waals surface area (Å²) in [5, 5.41) is 8.96. The summed E-state index contributed by atoms with van der Waals surface area (Å²) in [7, 11) is 0. The Hall–Kier alpha value is -2.11. The molecule has 2 unspecified atom stereocenters. The van der Waals surface area contributed by atoms with Gasteiger partial charge in [0.1, 0.15) is 10.8 Å². The lowest BCUT2D eigenvalue weighted by Crippen LogP contribution is -2.14. The van der Waals surface area contributed by atoms with Crippen molar-refractivity contribution in [1.29, 1.82) is 0 Å². The average Bonchev–Trinajstić information content (AvgIpc) is 2.89. The van der Waals surface area contributed by atoms with Gasteiger partial charge in [0, 0.05) is 29.3 Å². The molecule has 0 spiro atoms. The number of ketones is 1. The summed E-state index contributed by atoms with van der Waals surface area (Å²) in [6.45, 7) is 1.38. The molecule has 1 aliphatic carbocycles. The van der Waals surface area contributed by atoms with Crippen molar-refractivity contribution in [2.75, 3.05) is 6.61 Å². The van der Waals surface area contributed by atoms with Crippen LogP contribution in [0.2, 0.25) is 10.0 Å². The molecule has 0 fully saturated rings. The first-order chi connectivity index (χ1) is 12.0. The summed E-state index contributed by atoms with van der Waals surface area (Å²) < 4.78 is 5.25. The van der Waals surface area contributed by atoms with Crippen LogP contribution in [0.15, 0.2) is 30.5 Å². The maximum Gasteiger partial charge on any atom is 0.341 e. The Bertz CT molecular complexity index is 839. The molecule has 3 rings (SSSR count). The predicted molar refractivity (Wildman–Crippen MR) is 93.8 cm³/mol. The van der Waals surface area contributed by atoms with Crippen LogP contribution in [0, 0.1) is 5.92 Å². The number of rotatable bonds is 5. The highest BCUT2D eigenvalue weighted by molar-refractivity contribution is 6.45. The van der Waals surface area contributed by atoms with Gasteiger partial charge in [0.05, 0.1) is 5.02 Å². The minimum Gasteiger partial charge on any atom is -0.480 e. The minimum absolute atomic E-state index is 0.0477. The highest BCUT2D eigenvalue weighted by Crippen LogP contribution is 2.50. The van der Waals surface area contributed by atoms with Crippen LogP contribution in [0.1, 0.15) is 40.9 Å². The van der Waals surface area contributed by atoms with Gasteiger partial charge in [-0.25, -0.2) is 4.79 Å². The number of aromatic nitrogens is 1. The molecule has 130 valence electrons. The largest absolute Gasteiger partial charge is 0.480 e. The molecular weight excluding hydrogens is 365 g/mol. The lowest BCUT2D eigenvalue weighted by atomic mass is 9.87. The van der Waals surface area contributed by atoms with Crippen LogP contribution < -0.4 is 4.74 Å². The molecule has 0 saturated carbocycles. The van der Waals surface area contributed by atoms with Crippen LogP contribution >= 0.6 is 23.2 Å². The van der Waals surface area contributed by atoms with E-state index < -0.39 is 12.6 Å². The molecule has 2 aromatic rings. The maximum atomic E-state index is 12.9. The zero-order chi connectivity index (χ0) is 18.1. The Balaban J connectivity index is 2.16. The number of nitrogens with zero attached hydrogens (tertiary/aromatic N) is 1. The van der Waals surface area contributed by atoms with Crippen molar-refractivity contribution < 1.29 is 19.4 Å². The number of carbonyl (C=O) groups is 2. The van der Waals surface area contributed by atoms with Crippen molar-refractivity contribution in [3.63, 3.8) is 0 Å². The van der Waals surface area contributed by atoms with E-state index in [4.69, 9.17) is 33.0 Å². The zero-order valence-corrected chi connectivity index (χ0v) is 14.8. The van der Waals surface area contributed by atoms with Crippen molar-refractivity contribution in [2.24, 2.45) is 5.92 Å². The Labute approximate surface area is 154 Å². The Morgan fingerprint density at radius 3 is 2.68 bits per heavy atom. The molecule has 7 heteroatoms. The van der Waals surface area contributed by atoms with E-state index in [1.54, 1.807) is 18.3 Å². The van der Waals surface area contributed by atoms with Crippen molar-refractivity contribution in [1.82, 2.24) is 4.98 Å². The quantitative estimate of drug-likeness (QED) is 0.841. The van der Waals surface area contributed by atoms with Crippen molar-refractivity contribution >= 4 is 35.0 Å². The third-order valence-electron chi connectivity index (χ3n) is 4.32. The van der Waals surface area contributed by atoms with Crippen LogP contribution in [0.3, 0.4) is 0 Å². The molecule has 0 amide bonds. The van der Waals surface area contributed by atoms with Crippen LogP contribution in [0.25, 0.3) is 0 Å². The number of benzene rings is 1. The molecule has 1 N–H and O–H groups in total. The maximum absolute atomic E-state index is 12.9. The van der Waals surface area contributed by atoms with Gasteiger partial charge in [-0.3, -0.25) is 9.78 Å². The molecular formula is C18H15Cl2NO4. The molecule has 1 heterocycles. The predicted octanol–water partition coefficient (Wildman–Crippen LogP) is 4.21. The van der Waals surface area contributed by atoms with Gasteiger partial charge in [0.15, 0.2) is 12.4 Å². The van der Waals surface area contributed by atoms with Gasteiger partial charge in [-0.15, -0.1) is 0 Å². The number of carboxylic acid groups (broad SMARTS) is 1. The number of aliphatic carboxylic acids is 1. The van der Waals surface area contributed by atoms with E-state index in [2.05, 4.69) is 4.98 Å². The Kier molecular flexibility index (Phi) is 4.97.